The van der Waals surface area contributed by atoms with E-state index in [9.17, 15) is 9.59 Å². The largest absolute Gasteiger partial charge is 0.396 e. The zero-order valence-corrected chi connectivity index (χ0v) is 5.33. The molecule has 0 aromatic rings. The summed E-state index contributed by atoms with van der Waals surface area (Å²) in [5.41, 5.74) is 10.4. The molecule has 0 bridgehead atoms. The van der Waals surface area contributed by atoms with Crippen molar-refractivity contribution in [2.45, 2.75) is 12.5 Å². The lowest BCUT2D eigenvalue weighted by atomic mass is 9.98. The maximum absolute atomic E-state index is 10.8. The molecule has 4 N–H and O–H groups in total. The van der Waals surface area contributed by atoms with Crippen LogP contribution in [0.25, 0.3) is 0 Å². The molecule has 4 heteroatoms. The highest BCUT2D eigenvalue weighted by molar-refractivity contribution is 6.10. The Bertz CT molecular complexity index is 220. The van der Waals surface area contributed by atoms with Gasteiger partial charge in [-0.25, -0.2) is 0 Å². The quantitative estimate of drug-likeness (QED) is 0.437. The van der Waals surface area contributed by atoms with E-state index in [0.717, 1.165) is 6.08 Å². The topological polar surface area (TPSA) is 86.2 Å². The Balaban J connectivity index is 2.91. The summed E-state index contributed by atoms with van der Waals surface area (Å²) < 4.78 is 0. The van der Waals surface area contributed by atoms with Gasteiger partial charge in [-0.15, -0.1) is 0 Å². The first-order chi connectivity index (χ1) is 4.61. The van der Waals surface area contributed by atoms with Crippen LogP contribution >= 0.6 is 0 Å². The van der Waals surface area contributed by atoms with Crippen LogP contribution in [0.15, 0.2) is 11.8 Å². The molecule has 1 atom stereocenters. The van der Waals surface area contributed by atoms with Crippen molar-refractivity contribution in [3.8, 4) is 0 Å². The molecule has 0 saturated heterocycles. The lowest BCUT2D eigenvalue weighted by molar-refractivity contribution is -0.122. The number of ketones is 2. The average Bonchev–Trinajstić information content (AvgIpc) is 1.82. The van der Waals surface area contributed by atoms with E-state index >= 15 is 0 Å². The highest BCUT2D eigenvalue weighted by Crippen LogP contribution is 2.05. The SMILES string of the molecule is NC1=CC(=O)CC(N)C1=O. The van der Waals surface area contributed by atoms with Crippen molar-refractivity contribution in [1.82, 2.24) is 0 Å². The van der Waals surface area contributed by atoms with Gasteiger partial charge in [0.05, 0.1) is 11.7 Å². The van der Waals surface area contributed by atoms with Gasteiger partial charge in [0.2, 0.25) is 0 Å². The predicted molar refractivity (Wildman–Crippen MR) is 34.9 cm³/mol. The number of rotatable bonds is 0. The highest BCUT2D eigenvalue weighted by atomic mass is 16.1. The van der Waals surface area contributed by atoms with Crippen LogP contribution in [0.4, 0.5) is 0 Å². The zero-order chi connectivity index (χ0) is 7.72. The normalized spacial score (nSPS) is 26.5. The third-order valence-electron chi connectivity index (χ3n) is 1.36. The molecule has 0 saturated carbocycles. The lowest BCUT2D eigenvalue weighted by Gasteiger charge is -2.12. The van der Waals surface area contributed by atoms with Gasteiger partial charge in [-0.3, -0.25) is 9.59 Å². The van der Waals surface area contributed by atoms with E-state index in [1.807, 2.05) is 0 Å². The van der Waals surface area contributed by atoms with Gasteiger partial charge in [0.25, 0.3) is 0 Å². The summed E-state index contributed by atoms with van der Waals surface area (Å²) >= 11 is 0. The minimum Gasteiger partial charge on any atom is -0.396 e. The standard InChI is InChI=1S/C6H8N2O2/c7-4-1-3(9)2-5(8)6(4)10/h1,5H,2,7-8H2. The Labute approximate surface area is 57.9 Å². The average molecular weight is 140 g/mol. The van der Waals surface area contributed by atoms with Crippen LogP contribution in [0.1, 0.15) is 6.42 Å². The van der Waals surface area contributed by atoms with Crippen molar-refractivity contribution in [3.63, 3.8) is 0 Å². The monoisotopic (exact) mass is 140 g/mol. The molecule has 0 heterocycles. The molecule has 0 aliphatic heterocycles. The van der Waals surface area contributed by atoms with E-state index in [1.54, 1.807) is 0 Å². The predicted octanol–water partition coefficient (Wildman–Crippen LogP) is -1.30. The molecular formula is C6H8N2O2. The molecule has 0 spiro atoms. The van der Waals surface area contributed by atoms with E-state index in [2.05, 4.69) is 0 Å². The smallest absolute Gasteiger partial charge is 0.195 e. The zero-order valence-electron chi connectivity index (χ0n) is 5.33. The van der Waals surface area contributed by atoms with Crippen LogP contribution in [-0.2, 0) is 9.59 Å². The van der Waals surface area contributed by atoms with Gasteiger partial charge >= 0.3 is 0 Å². The van der Waals surface area contributed by atoms with E-state index in [1.165, 1.54) is 0 Å². The van der Waals surface area contributed by atoms with Gasteiger partial charge in [-0.05, 0) is 0 Å². The summed E-state index contributed by atoms with van der Waals surface area (Å²) in [6.07, 6.45) is 1.21. The van der Waals surface area contributed by atoms with Crippen molar-refractivity contribution >= 4 is 11.6 Å². The second-order valence-electron chi connectivity index (χ2n) is 2.24. The van der Waals surface area contributed by atoms with E-state index in [4.69, 9.17) is 11.5 Å². The summed E-state index contributed by atoms with van der Waals surface area (Å²) in [4.78, 5) is 21.4. The van der Waals surface area contributed by atoms with Crippen LogP contribution in [0.3, 0.4) is 0 Å². The van der Waals surface area contributed by atoms with E-state index < -0.39 is 6.04 Å². The molecule has 0 amide bonds. The second kappa shape index (κ2) is 2.22. The molecule has 0 aromatic heterocycles. The maximum atomic E-state index is 10.8. The van der Waals surface area contributed by atoms with Crippen molar-refractivity contribution < 1.29 is 9.59 Å². The third kappa shape index (κ3) is 1.06. The number of nitrogens with two attached hydrogens (primary N) is 2. The minimum atomic E-state index is -0.725. The van der Waals surface area contributed by atoms with Gasteiger partial charge in [-0.1, -0.05) is 0 Å². The number of hydrogen-bond acceptors (Lipinski definition) is 4. The molecule has 1 aliphatic rings. The molecule has 0 aromatic carbocycles. The Morgan fingerprint density at radius 3 is 2.60 bits per heavy atom. The summed E-state index contributed by atoms with van der Waals surface area (Å²) in [6, 6.07) is -0.725. The molecule has 1 unspecified atom stereocenters. The number of carbonyl (C=O) groups excluding carboxylic acids is 2. The summed E-state index contributed by atoms with van der Waals surface area (Å²) in [5.74, 6) is -0.510. The molecule has 54 valence electrons. The Morgan fingerprint density at radius 2 is 2.10 bits per heavy atom. The van der Waals surface area contributed by atoms with Gasteiger partial charge in [0.1, 0.15) is 0 Å². The molecular weight excluding hydrogens is 132 g/mol. The molecule has 0 radical (unpaired) electrons. The fourth-order valence-corrected chi connectivity index (χ4v) is 0.827. The minimum absolute atomic E-state index is 0.0243. The number of Topliss-reactive ketones (excluding diaryl/α,β-unsaturated/α-hetero) is 1. The number of hydrogen-bond donors (Lipinski definition) is 2. The van der Waals surface area contributed by atoms with E-state index in [0.29, 0.717) is 0 Å². The van der Waals surface area contributed by atoms with Gasteiger partial charge in [0, 0.05) is 12.5 Å². The fourth-order valence-electron chi connectivity index (χ4n) is 0.827. The summed E-state index contributed by atoms with van der Waals surface area (Å²) in [6.45, 7) is 0. The van der Waals surface area contributed by atoms with Gasteiger partial charge < -0.3 is 11.5 Å². The Hall–Kier alpha value is -1.16. The number of carbonyl (C=O) groups is 2. The lowest BCUT2D eigenvalue weighted by Crippen LogP contribution is -2.39. The van der Waals surface area contributed by atoms with Crippen molar-refractivity contribution in [1.29, 1.82) is 0 Å². The first-order valence-electron chi connectivity index (χ1n) is 2.91. The fraction of sp³-hybridized carbons (Fsp3) is 0.333. The van der Waals surface area contributed by atoms with Crippen LogP contribution in [0, 0.1) is 0 Å². The third-order valence-corrected chi connectivity index (χ3v) is 1.36. The van der Waals surface area contributed by atoms with Gasteiger partial charge in [0.15, 0.2) is 11.6 Å². The maximum Gasteiger partial charge on any atom is 0.195 e. The first kappa shape index (κ1) is 6.95. The molecule has 0 fully saturated rings. The molecule has 1 aliphatic carbocycles. The van der Waals surface area contributed by atoms with Crippen LogP contribution in [0.2, 0.25) is 0 Å². The molecule has 1 rings (SSSR count). The van der Waals surface area contributed by atoms with Crippen molar-refractivity contribution in [2.75, 3.05) is 0 Å². The molecule has 10 heavy (non-hydrogen) atoms. The first-order valence-corrected chi connectivity index (χ1v) is 2.91. The summed E-state index contributed by atoms with van der Waals surface area (Å²) in [5, 5.41) is 0. The van der Waals surface area contributed by atoms with Crippen molar-refractivity contribution in [3.05, 3.63) is 11.8 Å². The van der Waals surface area contributed by atoms with E-state index in [-0.39, 0.29) is 23.7 Å². The number of allylic oxidation sites excluding steroid dienone is 1. The van der Waals surface area contributed by atoms with Crippen LogP contribution < -0.4 is 11.5 Å². The van der Waals surface area contributed by atoms with Gasteiger partial charge in [-0.2, -0.15) is 0 Å². The highest BCUT2D eigenvalue weighted by Gasteiger charge is 2.23. The Morgan fingerprint density at radius 1 is 1.50 bits per heavy atom. The van der Waals surface area contributed by atoms with Crippen LogP contribution in [0.5, 0.6) is 0 Å². The Kier molecular flexibility index (Phi) is 1.55. The molecule has 4 nitrogen and oxygen atoms in total. The van der Waals surface area contributed by atoms with Crippen LogP contribution in [-0.4, -0.2) is 17.6 Å². The summed E-state index contributed by atoms with van der Waals surface area (Å²) in [7, 11) is 0. The second-order valence-corrected chi connectivity index (χ2v) is 2.24. The van der Waals surface area contributed by atoms with Crippen molar-refractivity contribution in [2.24, 2.45) is 11.5 Å².